The van der Waals surface area contributed by atoms with Crippen LogP contribution in [0.5, 0.6) is 0 Å². The van der Waals surface area contributed by atoms with Crippen molar-refractivity contribution < 1.29 is 9.90 Å². The van der Waals surface area contributed by atoms with Crippen LogP contribution in [0.1, 0.15) is 65.1 Å². The number of aliphatic hydroxyl groups is 1. The molecule has 0 aliphatic carbocycles. The summed E-state index contributed by atoms with van der Waals surface area (Å²) in [6.45, 7) is 8.21. The van der Waals surface area contributed by atoms with Gasteiger partial charge in [0.15, 0.2) is 11.9 Å². The van der Waals surface area contributed by atoms with E-state index in [9.17, 15) is 9.90 Å². The lowest BCUT2D eigenvalue weighted by molar-refractivity contribution is 0.0916. The van der Waals surface area contributed by atoms with Crippen LogP contribution in [-0.4, -0.2) is 27.0 Å². The molecule has 2 unspecified atom stereocenters. The smallest absolute Gasteiger partial charge is 0.280 e. The Balaban J connectivity index is 1.72. The van der Waals surface area contributed by atoms with Crippen LogP contribution in [0.25, 0.3) is 5.69 Å². The van der Waals surface area contributed by atoms with Gasteiger partial charge in [0.25, 0.3) is 5.91 Å². The number of benzene rings is 3. The molecule has 0 saturated heterocycles. The van der Waals surface area contributed by atoms with Crippen LogP contribution in [0.4, 0.5) is 11.4 Å². The quantitative estimate of drug-likeness (QED) is 0.294. The Bertz CT molecular complexity index is 1610. The molecule has 38 heavy (non-hydrogen) atoms. The number of carbonyl (C=O) groups is 1. The van der Waals surface area contributed by atoms with Crippen LogP contribution < -0.4 is 10.2 Å². The maximum Gasteiger partial charge on any atom is 0.280 e. The molecule has 0 saturated carbocycles. The first-order chi connectivity index (χ1) is 18.2. The lowest BCUT2D eigenvalue weighted by Gasteiger charge is -2.40. The van der Waals surface area contributed by atoms with Crippen molar-refractivity contribution in [2.24, 2.45) is 0 Å². The van der Waals surface area contributed by atoms with Crippen molar-refractivity contribution in [2.45, 2.75) is 51.8 Å². The van der Waals surface area contributed by atoms with Crippen molar-refractivity contribution in [1.29, 1.82) is 0 Å². The van der Waals surface area contributed by atoms with E-state index in [-0.39, 0.29) is 11.8 Å². The molecule has 1 spiro atoms. The number of rotatable bonds is 4. The van der Waals surface area contributed by atoms with Gasteiger partial charge >= 0.3 is 0 Å². The number of aromatic nitrogens is 2. The minimum atomic E-state index is -1.28. The number of hydrogen-bond acceptors (Lipinski definition) is 4. The third kappa shape index (κ3) is 3.37. The van der Waals surface area contributed by atoms with Crippen LogP contribution in [0.2, 0.25) is 10.0 Å². The minimum Gasteiger partial charge on any atom is -0.371 e. The number of halogens is 2. The fraction of sp³-hybridized carbons (Fsp3) is 0.267. The third-order valence-corrected chi connectivity index (χ3v) is 8.13. The lowest BCUT2D eigenvalue weighted by atomic mass is 9.81. The Morgan fingerprint density at radius 3 is 2.55 bits per heavy atom. The largest absolute Gasteiger partial charge is 0.371 e. The number of aryl methyl sites for hydroxylation is 2. The zero-order valence-electron chi connectivity index (χ0n) is 21.6. The molecule has 1 amide bonds. The van der Waals surface area contributed by atoms with E-state index in [1.54, 1.807) is 29.2 Å². The van der Waals surface area contributed by atoms with E-state index in [4.69, 9.17) is 28.3 Å². The lowest BCUT2D eigenvalue weighted by Crippen LogP contribution is -2.53. The summed E-state index contributed by atoms with van der Waals surface area (Å²) in [7, 11) is 0. The van der Waals surface area contributed by atoms with Gasteiger partial charge in [-0.2, -0.15) is 5.10 Å². The number of amides is 1. The fourth-order valence-corrected chi connectivity index (χ4v) is 6.32. The minimum absolute atomic E-state index is 0.00911. The Morgan fingerprint density at radius 2 is 1.82 bits per heavy atom. The highest BCUT2D eigenvalue weighted by Crippen LogP contribution is 2.57. The predicted molar refractivity (Wildman–Crippen MR) is 152 cm³/mol. The van der Waals surface area contributed by atoms with E-state index in [2.05, 4.69) is 38.2 Å². The predicted octanol–water partition coefficient (Wildman–Crippen LogP) is 6.82. The SMILES string of the molecule is CCc1cccc(-n2nc3c(c2C(C)C)C2(c4ccc(Cl)cc4NC2O)N(c2cc(Cl)ccc2C)C3=O)c1. The number of fused-ring (bicyclic) bond motifs is 4. The van der Waals surface area contributed by atoms with Crippen molar-refractivity contribution in [1.82, 2.24) is 9.78 Å². The van der Waals surface area contributed by atoms with Gasteiger partial charge in [-0.25, -0.2) is 4.68 Å². The van der Waals surface area contributed by atoms with Gasteiger partial charge in [-0.05, 0) is 66.8 Å². The second-order valence-electron chi connectivity index (χ2n) is 10.3. The average molecular weight is 547 g/mol. The molecule has 1 aromatic heterocycles. The molecule has 6 rings (SSSR count). The summed E-state index contributed by atoms with van der Waals surface area (Å²) in [6.07, 6.45) is -0.274. The number of carbonyl (C=O) groups excluding carboxylic acids is 1. The van der Waals surface area contributed by atoms with Gasteiger partial charge < -0.3 is 10.4 Å². The summed E-state index contributed by atoms with van der Waals surface area (Å²) in [5.41, 5.74) is 5.57. The Labute approximate surface area is 231 Å². The summed E-state index contributed by atoms with van der Waals surface area (Å²) >= 11 is 12.8. The standard InChI is InChI=1S/C30H28Cl2N4O2/c1-5-18-7-6-8-21(13-18)36-27(16(2)3)25-26(34-36)28(37)35(24-15-20(32)10-9-17(24)4)30(25)22-12-11-19(31)14-23(22)33-29(30)38/h6-16,29,33,38H,5H2,1-4H3. The number of anilines is 2. The zero-order chi connectivity index (χ0) is 26.9. The van der Waals surface area contributed by atoms with E-state index in [1.165, 1.54) is 5.56 Å². The van der Waals surface area contributed by atoms with Crippen LogP contribution in [0, 0.1) is 6.92 Å². The van der Waals surface area contributed by atoms with Crippen molar-refractivity contribution in [3.63, 3.8) is 0 Å². The maximum atomic E-state index is 14.4. The van der Waals surface area contributed by atoms with E-state index in [0.717, 1.165) is 28.9 Å². The summed E-state index contributed by atoms with van der Waals surface area (Å²) in [4.78, 5) is 16.1. The van der Waals surface area contributed by atoms with Crippen molar-refractivity contribution in [3.8, 4) is 5.69 Å². The van der Waals surface area contributed by atoms with E-state index >= 15 is 0 Å². The number of hydrogen-bond donors (Lipinski definition) is 2. The first-order valence-electron chi connectivity index (χ1n) is 12.8. The molecule has 3 heterocycles. The van der Waals surface area contributed by atoms with Crippen LogP contribution in [-0.2, 0) is 12.0 Å². The van der Waals surface area contributed by atoms with Gasteiger partial charge in [0, 0.05) is 32.5 Å². The maximum absolute atomic E-state index is 14.4. The third-order valence-electron chi connectivity index (χ3n) is 7.66. The molecule has 2 aliphatic rings. The van der Waals surface area contributed by atoms with Crippen LogP contribution in [0.15, 0.2) is 60.7 Å². The number of nitrogens with zero attached hydrogens (tertiary/aromatic N) is 3. The van der Waals surface area contributed by atoms with Gasteiger partial charge in [-0.1, -0.05) is 68.2 Å². The molecule has 0 radical (unpaired) electrons. The van der Waals surface area contributed by atoms with Crippen molar-refractivity contribution >= 4 is 40.5 Å². The summed E-state index contributed by atoms with van der Waals surface area (Å²) in [6, 6.07) is 19.1. The van der Waals surface area contributed by atoms with Crippen LogP contribution >= 0.6 is 23.2 Å². The fourth-order valence-electron chi connectivity index (χ4n) is 5.98. The number of aliphatic hydroxyl groups excluding tert-OH is 1. The molecule has 8 heteroatoms. The van der Waals surface area contributed by atoms with Gasteiger partial charge in [0.05, 0.1) is 11.4 Å². The number of nitrogens with one attached hydrogen (secondary N) is 1. The second-order valence-corrected chi connectivity index (χ2v) is 11.1. The normalized spacial score (nSPS) is 19.8. The second kappa shape index (κ2) is 8.87. The molecule has 3 aromatic carbocycles. The first kappa shape index (κ1) is 25.0. The molecule has 2 atom stereocenters. The Hall–Kier alpha value is -3.32. The molecule has 194 valence electrons. The molecule has 0 bridgehead atoms. The van der Waals surface area contributed by atoms with Gasteiger partial charge in [0.1, 0.15) is 5.54 Å². The molecular formula is C30H28Cl2N4O2. The Kier molecular flexibility index (Phi) is 5.83. The van der Waals surface area contributed by atoms with Gasteiger partial charge in [0.2, 0.25) is 0 Å². The van der Waals surface area contributed by atoms with Gasteiger partial charge in [-0.3, -0.25) is 9.69 Å². The molecule has 0 fully saturated rings. The van der Waals surface area contributed by atoms with Crippen LogP contribution in [0.3, 0.4) is 0 Å². The van der Waals surface area contributed by atoms with E-state index in [1.807, 2.05) is 35.9 Å². The van der Waals surface area contributed by atoms with Gasteiger partial charge in [-0.15, -0.1) is 0 Å². The van der Waals surface area contributed by atoms with Crippen molar-refractivity contribution in [2.75, 3.05) is 10.2 Å². The van der Waals surface area contributed by atoms with E-state index < -0.39 is 11.8 Å². The van der Waals surface area contributed by atoms with Crippen molar-refractivity contribution in [3.05, 3.63) is 104 Å². The molecule has 2 N–H and O–H groups in total. The average Bonchev–Trinajstić information content (AvgIpc) is 3.49. The summed E-state index contributed by atoms with van der Waals surface area (Å²) < 4.78 is 1.87. The highest BCUT2D eigenvalue weighted by molar-refractivity contribution is 6.31. The molecule has 4 aromatic rings. The van der Waals surface area contributed by atoms with E-state index in [0.29, 0.717) is 32.7 Å². The summed E-state index contributed by atoms with van der Waals surface area (Å²) in [5.74, 6) is -0.300. The zero-order valence-corrected chi connectivity index (χ0v) is 23.1. The molecule has 2 aliphatic heterocycles. The summed E-state index contributed by atoms with van der Waals surface area (Å²) in [5, 5.41) is 21.1. The Morgan fingerprint density at radius 1 is 1.08 bits per heavy atom. The topological polar surface area (TPSA) is 70.4 Å². The highest BCUT2D eigenvalue weighted by atomic mass is 35.5. The first-order valence-corrected chi connectivity index (χ1v) is 13.5. The molecular weight excluding hydrogens is 519 g/mol. The molecule has 6 nitrogen and oxygen atoms in total. The highest BCUT2D eigenvalue weighted by Gasteiger charge is 2.63. The monoisotopic (exact) mass is 546 g/mol.